The van der Waals surface area contributed by atoms with Gasteiger partial charge < -0.3 is 15.1 Å². The number of hydrogen-bond donors (Lipinski definition) is 3. The van der Waals surface area contributed by atoms with Crippen LogP contribution in [0.1, 0.15) is 26.5 Å². The number of fused-ring (bicyclic) bond motifs is 1. The summed E-state index contributed by atoms with van der Waals surface area (Å²) in [4.78, 5) is 24.9. The van der Waals surface area contributed by atoms with Gasteiger partial charge in [0.15, 0.2) is 10.9 Å². The predicted molar refractivity (Wildman–Crippen MR) is 130 cm³/mol. The smallest absolute Gasteiger partial charge is 0.291 e. The van der Waals surface area contributed by atoms with Crippen LogP contribution in [0, 0.1) is 6.92 Å². The van der Waals surface area contributed by atoms with Crippen LogP contribution >= 0.6 is 23.8 Å². The Morgan fingerprint density at radius 2 is 1.72 bits per heavy atom. The summed E-state index contributed by atoms with van der Waals surface area (Å²) < 4.78 is 5.61. The number of carbonyl (C=O) groups excluding carboxylic acids is 2. The number of amides is 2. The maximum atomic E-state index is 12.6. The lowest BCUT2D eigenvalue weighted by molar-refractivity contribution is 0.0975. The first kappa shape index (κ1) is 21.5. The summed E-state index contributed by atoms with van der Waals surface area (Å²) >= 11 is 11.1. The van der Waals surface area contributed by atoms with Crippen LogP contribution in [-0.2, 0) is 0 Å². The van der Waals surface area contributed by atoms with Crippen LogP contribution in [-0.4, -0.2) is 16.9 Å². The molecule has 3 aromatic carbocycles. The van der Waals surface area contributed by atoms with E-state index in [1.807, 2.05) is 37.3 Å². The average Bonchev–Trinajstić information content (AvgIpc) is 3.20. The predicted octanol–water partition coefficient (Wildman–Crippen LogP) is 5.77. The SMILES string of the molecule is Cc1cc(NC(=S)NC(=O)c2cccc(Cl)c2)ccc1NC(=O)c1cc2ccccc2o1. The van der Waals surface area contributed by atoms with E-state index in [4.69, 9.17) is 28.2 Å². The molecule has 8 heteroatoms. The van der Waals surface area contributed by atoms with E-state index in [-0.39, 0.29) is 22.7 Å². The Morgan fingerprint density at radius 3 is 2.47 bits per heavy atom. The highest BCUT2D eigenvalue weighted by atomic mass is 35.5. The highest BCUT2D eigenvalue weighted by Gasteiger charge is 2.14. The van der Waals surface area contributed by atoms with E-state index in [1.165, 1.54) is 0 Å². The van der Waals surface area contributed by atoms with E-state index >= 15 is 0 Å². The molecule has 6 nitrogen and oxygen atoms in total. The lowest BCUT2D eigenvalue weighted by Crippen LogP contribution is -2.34. The zero-order valence-electron chi connectivity index (χ0n) is 16.9. The molecule has 3 N–H and O–H groups in total. The summed E-state index contributed by atoms with van der Waals surface area (Å²) in [6, 6.07) is 21.0. The molecule has 0 saturated heterocycles. The Morgan fingerprint density at radius 1 is 0.906 bits per heavy atom. The molecule has 2 amide bonds. The number of carbonyl (C=O) groups is 2. The molecule has 0 bridgehead atoms. The fraction of sp³-hybridized carbons (Fsp3) is 0.0417. The number of benzene rings is 3. The first-order chi connectivity index (χ1) is 15.4. The van der Waals surface area contributed by atoms with E-state index in [9.17, 15) is 9.59 Å². The quantitative estimate of drug-likeness (QED) is 0.334. The minimum absolute atomic E-state index is 0.147. The highest BCUT2D eigenvalue weighted by Crippen LogP contribution is 2.23. The third-order valence-electron chi connectivity index (χ3n) is 4.70. The normalized spacial score (nSPS) is 10.6. The molecule has 0 aliphatic rings. The summed E-state index contributed by atoms with van der Waals surface area (Å²) in [6.07, 6.45) is 0. The first-order valence-corrected chi connectivity index (χ1v) is 10.5. The molecule has 0 saturated carbocycles. The van der Waals surface area contributed by atoms with Gasteiger partial charge in [0.05, 0.1) is 0 Å². The van der Waals surface area contributed by atoms with Gasteiger partial charge in [-0.3, -0.25) is 14.9 Å². The Balaban J connectivity index is 1.39. The van der Waals surface area contributed by atoms with Gasteiger partial charge in [-0.1, -0.05) is 35.9 Å². The van der Waals surface area contributed by atoms with Crippen molar-refractivity contribution in [2.24, 2.45) is 0 Å². The number of aryl methyl sites for hydroxylation is 1. The van der Waals surface area contributed by atoms with Crippen molar-refractivity contribution in [3.8, 4) is 0 Å². The van der Waals surface area contributed by atoms with Gasteiger partial charge in [-0.05, 0) is 73.2 Å². The van der Waals surface area contributed by atoms with Gasteiger partial charge >= 0.3 is 0 Å². The molecule has 0 spiro atoms. The number of hydrogen-bond acceptors (Lipinski definition) is 4. The molecule has 1 heterocycles. The number of para-hydroxylation sites is 1. The molecule has 4 aromatic rings. The molecular formula is C24H18ClN3O3S. The van der Waals surface area contributed by atoms with Crippen LogP contribution in [0.4, 0.5) is 11.4 Å². The van der Waals surface area contributed by atoms with Crippen LogP contribution in [0.25, 0.3) is 11.0 Å². The van der Waals surface area contributed by atoms with E-state index < -0.39 is 0 Å². The van der Waals surface area contributed by atoms with E-state index in [0.717, 1.165) is 10.9 Å². The van der Waals surface area contributed by atoms with Crippen molar-refractivity contribution in [1.82, 2.24) is 5.32 Å². The molecule has 0 fully saturated rings. The van der Waals surface area contributed by atoms with Gasteiger partial charge in [-0.25, -0.2) is 0 Å². The van der Waals surface area contributed by atoms with Gasteiger partial charge in [0.1, 0.15) is 5.58 Å². The number of halogens is 1. The van der Waals surface area contributed by atoms with E-state index in [0.29, 0.717) is 27.5 Å². The fourth-order valence-corrected chi connectivity index (χ4v) is 3.53. The van der Waals surface area contributed by atoms with Crippen LogP contribution in [0.2, 0.25) is 5.02 Å². The Labute approximate surface area is 194 Å². The molecule has 32 heavy (non-hydrogen) atoms. The largest absolute Gasteiger partial charge is 0.451 e. The van der Waals surface area contributed by atoms with Crippen molar-refractivity contribution in [2.45, 2.75) is 6.92 Å². The summed E-state index contributed by atoms with van der Waals surface area (Å²) in [7, 11) is 0. The van der Waals surface area contributed by atoms with E-state index in [1.54, 1.807) is 42.5 Å². The van der Waals surface area contributed by atoms with E-state index in [2.05, 4.69) is 16.0 Å². The van der Waals surface area contributed by atoms with Crippen LogP contribution in [0.3, 0.4) is 0 Å². The minimum atomic E-state index is -0.364. The second kappa shape index (κ2) is 9.21. The molecule has 1 aromatic heterocycles. The lowest BCUT2D eigenvalue weighted by atomic mass is 10.1. The Hall–Kier alpha value is -3.68. The maximum absolute atomic E-state index is 12.6. The topological polar surface area (TPSA) is 83.4 Å². The molecule has 160 valence electrons. The molecule has 0 radical (unpaired) electrons. The van der Waals surface area contributed by atoms with Crippen LogP contribution in [0.5, 0.6) is 0 Å². The number of anilines is 2. The number of nitrogens with one attached hydrogen (secondary N) is 3. The Bertz CT molecular complexity index is 1320. The van der Waals surface area contributed by atoms with Crippen molar-refractivity contribution in [3.63, 3.8) is 0 Å². The second-order valence-electron chi connectivity index (χ2n) is 7.05. The standard InChI is InChI=1S/C24H18ClN3O3S/c1-14-11-18(26-24(32)28-22(29)16-6-4-7-17(25)12-16)9-10-19(14)27-23(30)21-13-15-5-2-3-8-20(15)31-21/h2-13H,1H3,(H,27,30)(H2,26,28,29,32). The molecule has 0 atom stereocenters. The highest BCUT2D eigenvalue weighted by molar-refractivity contribution is 7.80. The van der Waals surface area contributed by atoms with Gasteiger partial charge in [-0.2, -0.15) is 0 Å². The summed E-state index contributed by atoms with van der Waals surface area (Å²) in [5.41, 5.74) is 3.17. The number of rotatable bonds is 4. The number of furan rings is 1. The minimum Gasteiger partial charge on any atom is -0.451 e. The molecule has 0 aliphatic carbocycles. The van der Waals surface area contributed by atoms with Crippen molar-refractivity contribution in [3.05, 3.63) is 94.7 Å². The van der Waals surface area contributed by atoms with Crippen molar-refractivity contribution >= 4 is 63.1 Å². The molecule has 0 unspecified atom stereocenters. The Kier molecular flexibility index (Phi) is 6.20. The summed E-state index contributed by atoms with van der Waals surface area (Å²) in [5, 5.41) is 9.90. The second-order valence-corrected chi connectivity index (χ2v) is 7.90. The lowest BCUT2D eigenvalue weighted by Gasteiger charge is -2.12. The number of thiocarbonyl (C=S) groups is 1. The third kappa shape index (κ3) is 4.96. The van der Waals surface area contributed by atoms with Gasteiger partial charge in [0, 0.05) is 27.3 Å². The van der Waals surface area contributed by atoms with Gasteiger partial charge in [0.25, 0.3) is 11.8 Å². The third-order valence-corrected chi connectivity index (χ3v) is 5.13. The zero-order valence-corrected chi connectivity index (χ0v) is 18.5. The van der Waals surface area contributed by atoms with Crippen molar-refractivity contribution < 1.29 is 14.0 Å². The first-order valence-electron chi connectivity index (χ1n) is 9.67. The van der Waals surface area contributed by atoms with Crippen molar-refractivity contribution in [2.75, 3.05) is 10.6 Å². The van der Waals surface area contributed by atoms with Gasteiger partial charge in [-0.15, -0.1) is 0 Å². The van der Waals surface area contributed by atoms with Gasteiger partial charge in [0.2, 0.25) is 0 Å². The summed E-state index contributed by atoms with van der Waals surface area (Å²) in [6.45, 7) is 1.85. The zero-order chi connectivity index (χ0) is 22.7. The molecule has 0 aliphatic heterocycles. The van der Waals surface area contributed by atoms with Crippen molar-refractivity contribution in [1.29, 1.82) is 0 Å². The molecule has 4 rings (SSSR count). The van der Waals surface area contributed by atoms with Crippen LogP contribution in [0.15, 0.2) is 77.2 Å². The summed E-state index contributed by atoms with van der Waals surface area (Å²) in [5.74, 6) is -0.469. The van der Waals surface area contributed by atoms with Crippen LogP contribution < -0.4 is 16.0 Å². The monoisotopic (exact) mass is 463 g/mol. The average molecular weight is 464 g/mol. The maximum Gasteiger partial charge on any atom is 0.291 e. The fourth-order valence-electron chi connectivity index (χ4n) is 3.13. The molecular weight excluding hydrogens is 446 g/mol.